The molecule has 0 amide bonds. The molecule has 0 radical (unpaired) electrons. The van der Waals surface area contributed by atoms with Crippen LogP contribution in [0.15, 0.2) is 48.5 Å². The van der Waals surface area contributed by atoms with E-state index in [2.05, 4.69) is 5.32 Å². The highest BCUT2D eigenvalue weighted by Gasteiger charge is 2.17. The van der Waals surface area contributed by atoms with Crippen molar-refractivity contribution in [2.45, 2.75) is 12.8 Å². The van der Waals surface area contributed by atoms with E-state index in [-0.39, 0.29) is 23.0 Å². The molecule has 1 aliphatic rings. The lowest BCUT2D eigenvalue weighted by Crippen LogP contribution is -2.33. The lowest BCUT2D eigenvalue weighted by Gasteiger charge is -2.23. The van der Waals surface area contributed by atoms with Crippen LogP contribution in [-0.2, 0) is 0 Å². The van der Waals surface area contributed by atoms with E-state index in [1.54, 1.807) is 12.1 Å². The second-order valence-corrected chi connectivity index (χ2v) is 5.83. The van der Waals surface area contributed by atoms with Gasteiger partial charge in [0.25, 0.3) is 5.69 Å². The van der Waals surface area contributed by atoms with Crippen LogP contribution in [0.4, 0.5) is 5.69 Å². The monoisotopic (exact) mass is 348 g/mol. The molecule has 1 fully saturated rings. The van der Waals surface area contributed by atoms with E-state index < -0.39 is 0 Å². The van der Waals surface area contributed by atoms with E-state index in [9.17, 15) is 10.1 Å². The van der Waals surface area contributed by atoms with Gasteiger partial charge in [-0.15, -0.1) is 12.4 Å². The number of rotatable bonds is 5. The highest BCUT2D eigenvalue weighted by atomic mass is 35.5. The molecule has 0 bridgehead atoms. The minimum Gasteiger partial charge on any atom is -0.493 e. The minimum absolute atomic E-state index is 0. The predicted octanol–water partition coefficient (Wildman–Crippen LogP) is 4.06. The Balaban J connectivity index is 0.00000208. The van der Waals surface area contributed by atoms with Crippen LogP contribution >= 0.6 is 12.4 Å². The zero-order valence-electron chi connectivity index (χ0n) is 13.3. The van der Waals surface area contributed by atoms with Crippen LogP contribution in [0.3, 0.4) is 0 Å². The van der Waals surface area contributed by atoms with Crippen molar-refractivity contribution >= 4 is 18.1 Å². The van der Waals surface area contributed by atoms with Gasteiger partial charge in [0, 0.05) is 30.2 Å². The molecule has 0 aromatic heterocycles. The molecule has 1 N–H and O–H groups in total. The summed E-state index contributed by atoms with van der Waals surface area (Å²) in [5, 5.41) is 14.4. The first kappa shape index (κ1) is 18.2. The van der Waals surface area contributed by atoms with E-state index >= 15 is 0 Å². The summed E-state index contributed by atoms with van der Waals surface area (Å²) in [4.78, 5) is 10.7. The molecular weight excluding hydrogens is 328 g/mol. The molecule has 1 aliphatic heterocycles. The third-order valence-corrected chi connectivity index (χ3v) is 4.13. The largest absolute Gasteiger partial charge is 0.493 e. The van der Waals surface area contributed by atoms with Crippen LogP contribution in [-0.4, -0.2) is 24.6 Å². The SMILES string of the molecule is Cl.O=[N+]([O-])c1ccc(OCC2CCCNC2)c(-c2ccccc2)c1. The number of nitro benzene ring substituents is 1. The number of piperidine rings is 1. The Kier molecular flexibility index (Phi) is 6.58. The summed E-state index contributed by atoms with van der Waals surface area (Å²) in [6, 6.07) is 14.4. The van der Waals surface area contributed by atoms with Gasteiger partial charge in [0.15, 0.2) is 0 Å². The summed E-state index contributed by atoms with van der Waals surface area (Å²) in [5.74, 6) is 1.19. The van der Waals surface area contributed by atoms with Crippen molar-refractivity contribution in [1.29, 1.82) is 0 Å². The maximum absolute atomic E-state index is 11.1. The van der Waals surface area contributed by atoms with Gasteiger partial charge in [0.2, 0.25) is 0 Å². The molecule has 6 heteroatoms. The molecule has 1 unspecified atom stereocenters. The highest BCUT2D eigenvalue weighted by molar-refractivity contribution is 5.85. The van der Waals surface area contributed by atoms with Crippen molar-refractivity contribution in [3.05, 3.63) is 58.6 Å². The summed E-state index contributed by atoms with van der Waals surface area (Å²) >= 11 is 0. The Labute approximate surface area is 147 Å². The van der Waals surface area contributed by atoms with Crippen LogP contribution in [0.1, 0.15) is 12.8 Å². The summed E-state index contributed by atoms with van der Waals surface area (Å²) in [6.45, 7) is 2.67. The normalized spacial score (nSPS) is 16.9. The fourth-order valence-corrected chi connectivity index (χ4v) is 2.87. The van der Waals surface area contributed by atoms with Crippen LogP contribution < -0.4 is 10.1 Å². The molecule has 24 heavy (non-hydrogen) atoms. The van der Waals surface area contributed by atoms with Crippen molar-refractivity contribution in [3.63, 3.8) is 0 Å². The second kappa shape index (κ2) is 8.66. The standard InChI is InChI=1S/C18H20N2O3.ClH/c21-20(22)16-8-9-18(23-13-14-5-4-10-19-12-14)17(11-16)15-6-2-1-3-7-15;/h1-3,6-9,11,14,19H,4-5,10,12-13H2;1H. The first-order valence-electron chi connectivity index (χ1n) is 7.91. The number of nitro groups is 1. The Morgan fingerprint density at radius 1 is 1.21 bits per heavy atom. The van der Waals surface area contributed by atoms with Crippen LogP contribution in [0.5, 0.6) is 5.75 Å². The summed E-state index contributed by atoms with van der Waals surface area (Å²) in [5.41, 5.74) is 1.77. The van der Waals surface area contributed by atoms with Gasteiger partial charge in [0.1, 0.15) is 5.75 Å². The molecule has 1 heterocycles. The summed E-state index contributed by atoms with van der Waals surface area (Å²) in [7, 11) is 0. The molecule has 0 spiro atoms. The number of nitrogens with zero attached hydrogens (tertiary/aromatic N) is 1. The van der Waals surface area contributed by atoms with Crippen molar-refractivity contribution in [2.75, 3.05) is 19.7 Å². The first-order chi connectivity index (χ1) is 11.2. The zero-order valence-corrected chi connectivity index (χ0v) is 14.1. The van der Waals surface area contributed by atoms with Crippen LogP contribution in [0.2, 0.25) is 0 Å². The zero-order chi connectivity index (χ0) is 16.1. The van der Waals surface area contributed by atoms with Gasteiger partial charge in [-0.3, -0.25) is 10.1 Å². The van der Waals surface area contributed by atoms with E-state index in [0.29, 0.717) is 18.3 Å². The average molecular weight is 349 g/mol. The van der Waals surface area contributed by atoms with Gasteiger partial charge in [-0.05, 0) is 31.0 Å². The second-order valence-electron chi connectivity index (χ2n) is 5.83. The number of hydrogen-bond donors (Lipinski definition) is 1. The number of halogens is 1. The molecule has 5 nitrogen and oxygen atoms in total. The van der Waals surface area contributed by atoms with E-state index in [0.717, 1.165) is 30.6 Å². The third-order valence-electron chi connectivity index (χ3n) is 4.13. The van der Waals surface area contributed by atoms with Crippen molar-refractivity contribution in [2.24, 2.45) is 5.92 Å². The third kappa shape index (κ3) is 4.46. The smallest absolute Gasteiger partial charge is 0.270 e. The van der Waals surface area contributed by atoms with Gasteiger partial charge in [0.05, 0.1) is 11.5 Å². The summed E-state index contributed by atoms with van der Waals surface area (Å²) < 4.78 is 6.00. The molecule has 2 aromatic rings. The lowest BCUT2D eigenvalue weighted by atomic mass is 10.0. The average Bonchev–Trinajstić information content (AvgIpc) is 2.61. The Morgan fingerprint density at radius 3 is 2.67 bits per heavy atom. The predicted molar refractivity (Wildman–Crippen MR) is 96.9 cm³/mol. The molecule has 2 aromatic carbocycles. The molecule has 3 rings (SSSR count). The summed E-state index contributed by atoms with van der Waals surface area (Å²) in [6.07, 6.45) is 2.32. The van der Waals surface area contributed by atoms with Crippen molar-refractivity contribution < 1.29 is 9.66 Å². The molecular formula is C18H21ClN2O3. The van der Waals surface area contributed by atoms with Crippen molar-refractivity contribution in [1.82, 2.24) is 5.32 Å². The van der Waals surface area contributed by atoms with E-state index in [1.165, 1.54) is 12.5 Å². The number of nitrogens with one attached hydrogen (secondary N) is 1. The van der Waals surface area contributed by atoms with Crippen LogP contribution in [0.25, 0.3) is 11.1 Å². The molecule has 128 valence electrons. The number of hydrogen-bond acceptors (Lipinski definition) is 4. The maximum Gasteiger partial charge on any atom is 0.270 e. The van der Waals surface area contributed by atoms with Gasteiger partial charge in [-0.1, -0.05) is 30.3 Å². The van der Waals surface area contributed by atoms with E-state index in [1.807, 2.05) is 30.3 Å². The number of ether oxygens (including phenoxy) is 1. The number of non-ortho nitro benzene ring substituents is 1. The van der Waals surface area contributed by atoms with Gasteiger partial charge >= 0.3 is 0 Å². The molecule has 1 saturated heterocycles. The highest BCUT2D eigenvalue weighted by Crippen LogP contribution is 2.33. The van der Waals surface area contributed by atoms with Crippen molar-refractivity contribution in [3.8, 4) is 16.9 Å². The molecule has 0 aliphatic carbocycles. The topological polar surface area (TPSA) is 64.4 Å². The quantitative estimate of drug-likeness (QED) is 0.653. The van der Waals surface area contributed by atoms with Crippen LogP contribution in [0, 0.1) is 16.0 Å². The van der Waals surface area contributed by atoms with Gasteiger partial charge < -0.3 is 10.1 Å². The lowest BCUT2D eigenvalue weighted by molar-refractivity contribution is -0.384. The molecule has 1 atom stereocenters. The van der Waals surface area contributed by atoms with Gasteiger partial charge in [-0.25, -0.2) is 0 Å². The fourth-order valence-electron chi connectivity index (χ4n) is 2.87. The van der Waals surface area contributed by atoms with Gasteiger partial charge in [-0.2, -0.15) is 0 Å². The Hall–Kier alpha value is -2.11. The maximum atomic E-state index is 11.1. The van der Waals surface area contributed by atoms with E-state index in [4.69, 9.17) is 4.74 Å². The minimum atomic E-state index is -0.374. The first-order valence-corrected chi connectivity index (χ1v) is 7.91. The molecule has 0 saturated carbocycles. The Morgan fingerprint density at radius 2 is 2.00 bits per heavy atom. The number of benzene rings is 2. The fraction of sp³-hybridized carbons (Fsp3) is 0.333. The Bertz CT molecular complexity index is 673.